The number of benzene rings is 2. The molecular weight excluding hydrogens is 418 g/mol. The lowest BCUT2D eigenvalue weighted by atomic mass is 10.0. The second kappa shape index (κ2) is 11.2. The fourth-order valence-corrected chi connectivity index (χ4v) is 4.80. The zero-order chi connectivity index (χ0) is 22.2. The van der Waals surface area contributed by atoms with E-state index in [0.29, 0.717) is 19.1 Å². The third-order valence-corrected chi connectivity index (χ3v) is 6.66. The predicted molar refractivity (Wildman–Crippen MR) is 131 cm³/mol. The number of carbonyl (C=O) groups excluding carboxylic acids is 1. The monoisotopic (exact) mass is 449 g/mol. The molecule has 1 fully saturated rings. The van der Waals surface area contributed by atoms with Gasteiger partial charge in [-0.2, -0.15) is 0 Å². The number of aromatic nitrogens is 1. The molecule has 1 atom stereocenters. The average molecular weight is 450 g/mol. The van der Waals surface area contributed by atoms with Crippen molar-refractivity contribution in [2.75, 3.05) is 39.8 Å². The highest BCUT2D eigenvalue weighted by molar-refractivity contribution is 7.09. The number of nitrogens with one attached hydrogen (secondary N) is 2. The van der Waals surface area contributed by atoms with Crippen molar-refractivity contribution < 1.29 is 4.79 Å². The summed E-state index contributed by atoms with van der Waals surface area (Å²) in [5, 5.41) is 8.84. The van der Waals surface area contributed by atoms with E-state index in [1.165, 1.54) is 5.56 Å². The first-order valence-electron chi connectivity index (χ1n) is 11.2. The number of amides is 2. The van der Waals surface area contributed by atoms with Crippen LogP contribution in [0.4, 0.5) is 4.79 Å². The molecule has 0 radical (unpaired) electrons. The Bertz CT molecular complexity index is 978. The van der Waals surface area contributed by atoms with Crippen molar-refractivity contribution in [1.29, 1.82) is 0 Å². The summed E-state index contributed by atoms with van der Waals surface area (Å²) in [6, 6.07) is 21.1. The second-order valence-corrected chi connectivity index (χ2v) is 9.12. The van der Waals surface area contributed by atoms with Crippen LogP contribution in [0.2, 0.25) is 0 Å². The normalized spacial score (nSPS) is 17.2. The number of carbonyl (C=O) groups is 1. The number of urea groups is 1. The summed E-state index contributed by atoms with van der Waals surface area (Å²) in [4.78, 5) is 21.8. The Labute approximate surface area is 194 Å². The van der Waals surface area contributed by atoms with Gasteiger partial charge in [-0.1, -0.05) is 60.7 Å². The van der Waals surface area contributed by atoms with E-state index < -0.39 is 0 Å². The molecule has 7 heteroatoms. The van der Waals surface area contributed by atoms with Crippen LogP contribution in [0.5, 0.6) is 0 Å². The second-order valence-electron chi connectivity index (χ2n) is 8.18. The molecule has 0 spiro atoms. The highest BCUT2D eigenvalue weighted by Gasteiger charge is 2.25. The van der Waals surface area contributed by atoms with Gasteiger partial charge in [0.2, 0.25) is 0 Å². The molecule has 2 heterocycles. The Morgan fingerprint density at radius 3 is 2.59 bits per heavy atom. The lowest BCUT2D eigenvalue weighted by Crippen LogP contribution is -2.47. The number of nitrogens with zero attached hydrogens (tertiary/aromatic N) is 3. The quantitative estimate of drug-likeness (QED) is 0.511. The van der Waals surface area contributed by atoms with Crippen molar-refractivity contribution in [3.8, 4) is 11.3 Å². The van der Waals surface area contributed by atoms with Gasteiger partial charge in [0.1, 0.15) is 5.01 Å². The van der Waals surface area contributed by atoms with Crippen molar-refractivity contribution >= 4 is 17.4 Å². The molecule has 1 aromatic heterocycles. The first-order chi connectivity index (χ1) is 15.7. The van der Waals surface area contributed by atoms with Gasteiger partial charge >= 0.3 is 6.03 Å². The number of piperazine rings is 1. The molecule has 6 nitrogen and oxygen atoms in total. The lowest BCUT2D eigenvalue weighted by molar-refractivity contribution is 0.0889. The van der Waals surface area contributed by atoms with E-state index in [1.807, 2.05) is 35.7 Å². The van der Waals surface area contributed by atoms with Crippen molar-refractivity contribution in [3.63, 3.8) is 0 Å². The third-order valence-electron chi connectivity index (χ3n) is 5.81. The van der Waals surface area contributed by atoms with E-state index >= 15 is 0 Å². The Morgan fingerprint density at radius 2 is 1.81 bits per heavy atom. The van der Waals surface area contributed by atoms with Crippen LogP contribution in [0.15, 0.2) is 66.0 Å². The molecule has 2 amide bonds. The number of hydrogen-bond acceptors (Lipinski definition) is 5. The summed E-state index contributed by atoms with van der Waals surface area (Å²) in [7, 11) is 2.18. The molecule has 0 unspecified atom stereocenters. The summed E-state index contributed by atoms with van der Waals surface area (Å²) in [5.41, 5.74) is 3.41. The van der Waals surface area contributed by atoms with Crippen LogP contribution in [0.1, 0.15) is 23.0 Å². The van der Waals surface area contributed by atoms with Gasteiger partial charge in [-0.15, -0.1) is 11.3 Å². The SMILES string of the molecule is CN1CCN(CCCNC(=O)NCc2nc(-c3ccccc3)cs2)[C@H](c2ccccc2)C1. The summed E-state index contributed by atoms with van der Waals surface area (Å²) in [5.74, 6) is 0. The van der Waals surface area contributed by atoms with Gasteiger partial charge in [0.25, 0.3) is 0 Å². The van der Waals surface area contributed by atoms with Gasteiger partial charge in [0, 0.05) is 49.7 Å². The first kappa shape index (κ1) is 22.5. The number of rotatable bonds is 8. The van der Waals surface area contributed by atoms with Crippen molar-refractivity contribution in [3.05, 3.63) is 76.6 Å². The molecule has 0 saturated carbocycles. The lowest BCUT2D eigenvalue weighted by Gasteiger charge is -2.40. The van der Waals surface area contributed by atoms with Crippen LogP contribution >= 0.6 is 11.3 Å². The van der Waals surface area contributed by atoms with Crippen LogP contribution in [-0.2, 0) is 6.54 Å². The Morgan fingerprint density at radius 1 is 1.06 bits per heavy atom. The van der Waals surface area contributed by atoms with Crippen LogP contribution in [0.25, 0.3) is 11.3 Å². The van der Waals surface area contributed by atoms with E-state index in [0.717, 1.165) is 48.9 Å². The zero-order valence-corrected chi connectivity index (χ0v) is 19.4. The molecule has 1 aliphatic rings. The minimum absolute atomic E-state index is 0.139. The zero-order valence-electron chi connectivity index (χ0n) is 18.5. The van der Waals surface area contributed by atoms with Gasteiger partial charge in [-0.3, -0.25) is 4.90 Å². The van der Waals surface area contributed by atoms with Crippen molar-refractivity contribution in [2.45, 2.75) is 19.0 Å². The van der Waals surface area contributed by atoms with Crippen LogP contribution in [0.3, 0.4) is 0 Å². The Kier molecular flexibility index (Phi) is 7.87. The van der Waals surface area contributed by atoms with Gasteiger partial charge < -0.3 is 15.5 Å². The molecule has 1 saturated heterocycles. The molecule has 2 aromatic carbocycles. The summed E-state index contributed by atoms with van der Waals surface area (Å²) < 4.78 is 0. The fourth-order valence-electron chi connectivity index (χ4n) is 4.05. The topological polar surface area (TPSA) is 60.5 Å². The van der Waals surface area contributed by atoms with Gasteiger partial charge in [-0.25, -0.2) is 9.78 Å². The maximum Gasteiger partial charge on any atom is 0.315 e. The summed E-state index contributed by atoms with van der Waals surface area (Å²) in [6.07, 6.45) is 0.926. The number of hydrogen-bond donors (Lipinski definition) is 2. The molecular formula is C25H31N5OS. The maximum atomic E-state index is 12.2. The standard InChI is InChI=1S/C25H31N5OS/c1-29-15-16-30(23(18-29)21-11-6-3-7-12-21)14-8-13-26-25(31)27-17-24-28-22(19-32-24)20-9-4-2-5-10-20/h2-7,9-12,19,23H,8,13-18H2,1H3,(H2,26,27,31)/t23-/m0/s1. The molecule has 0 bridgehead atoms. The molecule has 4 rings (SSSR count). The molecule has 3 aromatic rings. The summed E-state index contributed by atoms with van der Waals surface area (Å²) in [6.45, 7) is 5.24. The van der Waals surface area contributed by atoms with Crippen LogP contribution in [-0.4, -0.2) is 60.6 Å². The number of likely N-dealkylation sites (N-methyl/N-ethyl adjacent to an activating group) is 1. The predicted octanol–water partition coefficient (Wildman–Crippen LogP) is 3.99. The smallest absolute Gasteiger partial charge is 0.315 e. The van der Waals surface area contributed by atoms with Crippen LogP contribution in [0, 0.1) is 0 Å². The van der Waals surface area contributed by atoms with Crippen LogP contribution < -0.4 is 10.6 Å². The fraction of sp³-hybridized carbons (Fsp3) is 0.360. The third kappa shape index (κ3) is 6.16. The molecule has 0 aliphatic carbocycles. The molecule has 2 N–H and O–H groups in total. The molecule has 168 valence electrons. The highest BCUT2D eigenvalue weighted by atomic mass is 32.1. The largest absolute Gasteiger partial charge is 0.338 e. The van der Waals surface area contributed by atoms with E-state index in [-0.39, 0.29) is 6.03 Å². The van der Waals surface area contributed by atoms with Crippen molar-refractivity contribution in [1.82, 2.24) is 25.4 Å². The van der Waals surface area contributed by atoms with E-state index in [2.05, 4.69) is 62.8 Å². The van der Waals surface area contributed by atoms with E-state index in [1.54, 1.807) is 11.3 Å². The number of thiazole rings is 1. The Hall–Kier alpha value is -2.74. The van der Waals surface area contributed by atoms with E-state index in [4.69, 9.17) is 0 Å². The van der Waals surface area contributed by atoms with Gasteiger partial charge in [0.05, 0.1) is 12.2 Å². The van der Waals surface area contributed by atoms with Crippen molar-refractivity contribution in [2.24, 2.45) is 0 Å². The molecule has 1 aliphatic heterocycles. The van der Waals surface area contributed by atoms with E-state index in [9.17, 15) is 4.79 Å². The average Bonchev–Trinajstić information content (AvgIpc) is 3.31. The van der Waals surface area contributed by atoms with Gasteiger partial charge in [-0.05, 0) is 19.0 Å². The van der Waals surface area contributed by atoms with Gasteiger partial charge in [0.15, 0.2) is 0 Å². The first-order valence-corrected chi connectivity index (χ1v) is 12.1. The Balaban J connectivity index is 1.18. The highest BCUT2D eigenvalue weighted by Crippen LogP contribution is 2.25. The maximum absolute atomic E-state index is 12.2. The molecule has 32 heavy (non-hydrogen) atoms. The summed E-state index contributed by atoms with van der Waals surface area (Å²) >= 11 is 1.57. The minimum Gasteiger partial charge on any atom is -0.338 e. The minimum atomic E-state index is -0.139.